The summed E-state index contributed by atoms with van der Waals surface area (Å²) in [6.07, 6.45) is 0.838. The highest BCUT2D eigenvalue weighted by Gasteiger charge is 2.22. The summed E-state index contributed by atoms with van der Waals surface area (Å²) in [6.45, 7) is 10.9. The van der Waals surface area contributed by atoms with E-state index in [1.165, 1.54) is 17.9 Å². The average molecular weight is 265 g/mol. The van der Waals surface area contributed by atoms with E-state index < -0.39 is 17.7 Å². The lowest BCUT2D eigenvalue weighted by molar-refractivity contribution is 0.0536. The molecule has 104 valence electrons. The van der Waals surface area contributed by atoms with Gasteiger partial charge in [0.15, 0.2) is 0 Å². The third kappa shape index (κ3) is 3.71. The molecular weight excluding hydrogens is 246 g/mol. The number of nitrogens with zero attached hydrogens (tertiary/aromatic N) is 1. The third-order valence-electron chi connectivity index (χ3n) is 2.27. The zero-order valence-electron chi connectivity index (χ0n) is 11.9. The Kier molecular flexibility index (Phi) is 4.19. The van der Waals surface area contributed by atoms with E-state index >= 15 is 0 Å². The lowest BCUT2D eigenvalue weighted by Gasteiger charge is -2.20. The van der Waals surface area contributed by atoms with Gasteiger partial charge in [0, 0.05) is 6.20 Å². The third-order valence-corrected chi connectivity index (χ3v) is 2.27. The Morgan fingerprint density at radius 3 is 2.32 bits per heavy atom. The van der Waals surface area contributed by atoms with E-state index in [-0.39, 0.29) is 5.56 Å². The predicted molar refractivity (Wildman–Crippen MR) is 72.1 cm³/mol. The van der Waals surface area contributed by atoms with Crippen molar-refractivity contribution in [2.75, 3.05) is 7.11 Å². The van der Waals surface area contributed by atoms with Crippen LogP contribution in [0.2, 0.25) is 0 Å². The molecule has 1 rings (SSSR count). The molecule has 5 heteroatoms. The number of hydrogen-bond acceptors (Lipinski definition) is 4. The Balaban J connectivity index is 3.18. The van der Waals surface area contributed by atoms with Crippen LogP contribution in [0.1, 0.15) is 43.7 Å². The van der Waals surface area contributed by atoms with E-state index in [2.05, 4.69) is 11.3 Å². The van der Waals surface area contributed by atoms with Gasteiger partial charge in [0.05, 0.1) is 18.4 Å². The Hall–Kier alpha value is -2.04. The van der Waals surface area contributed by atoms with Crippen LogP contribution in [0.4, 0.5) is 4.79 Å². The first kappa shape index (κ1) is 15.0. The van der Waals surface area contributed by atoms with Crippen molar-refractivity contribution in [3.05, 3.63) is 30.1 Å². The first-order valence-corrected chi connectivity index (χ1v) is 5.85. The normalized spacial score (nSPS) is 11.0. The summed E-state index contributed by atoms with van der Waals surface area (Å²) in [5, 5.41) is 0. The van der Waals surface area contributed by atoms with Gasteiger partial charge in [0.2, 0.25) is 0 Å². The van der Waals surface area contributed by atoms with Crippen LogP contribution in [-0.2, 0) is 9.47 Å². The van der Waals surface area contributed by atoms with Crippen LogP contribution in [-0.4, -0.2) is 29.3 Å². The van der Waals surface area contributed by atoms with Crippen molar-refractivity contribution in [2.24, 2.45) is 0 Å². The van der Waals surface area contributed by atoms with E-state index in [9.17, 15) is 9.59 Å². The number of carbonyl (C=O) groups excluding carboxylic acids is 2. The van der Waals surface area contributed by atoms with Gasteiger partial charge in [0.25, 0.3) is 0 Å². The second-order valence-corrected chi connectivity index (χ2v) is 5.24. The first-order chi connectivity index (χ1) is 8.65. The Bertz CT molecular complexity index is 520. The fourth-order valence-corrected chi connectivity index (χ4v) is 1.48. The van der Waals surface area contributed by atoms with Gasteiger partial charge in [-0.3, -0.25) is 4.57 Å². The van der Waals surface area contributed by atoms with Crippen LogP contribution in [0.3, 0.4) is 0 Å². The molecule has 0 saturated heterocycles. The Labute approximate surface area is 112 Å². The monoisotopic (exact) mass is 265 g/mol. The molecule has 1 aromatic heterocycles. The topological polar surface area (TPSA) is 57.5 Å². The van der Waals surface area contributed by atoms with E-state index in [1.807, 2.05) is 0 Å². The molecule has 0 aliphatic heterocycles. The molecule has 0 unspecified atom stereocenters. The van der Waals surface area contributed by atoms with Crippen molar-refractivity contribution >= 4 is 17.6 Å². The molecule has 0 aliphatic carbocycles. The minimum absolute atomic E-state index is 0.284. The molecule has 0 bridgehead atoms. The molecule has 19 heavy (non-hydrogen) atoms. The summed E-state index contributed by atoms with van der Waals surface area (Å²) in [5.41, 5.74) is 0.848. The second-order valence-electron chi connectivity index (χ2n) is 5.24. The average Bonchev–Trinajstić information content (AvgIpc) is 2.70. The van der Waals surface area contributed by atoms with Gasteiger partial charge in [-0.2, -0.15) is 0 Å². The van der Waals surface area contributed by atoms with Crippen molar-refractivity contribution in [1.29, 1.82) is 0 Å². The number of rotatable bonds is 2. The molecule has 0 radical (unpaired) electrons. The van der Waals surface area contributed by atoms with Crippen molar-refractivity contribution in [2.45, 2.75) is 33.3 Å². The van der Waals surface area contributed by atoms with Crippen LogP contribution < -0.4 is 0 Å². The van der Waals surface area contributed by atoms with Gasteiger partial charge >= 0.3 is 12.1 Å². The summed E-state index contributed by atoms with van der Waals surface area (Å²) in [5.74, 6) is -0.509. The number of ether oxygens (including phenoxy) is 2. The minimum Gasteiger partial charge on any atom is -0.465 e. The van der Waals surface area contributed by atoms with Gasteiger partial charge in [-0.1, -0.05) is 6.58 Å². The molecule has 0 aromatic carbocycles. The highest BCUT2D eigenvalue weighted by molar-refractivity contribution is 5.92. The number of methoxy groups -OCH3 is 1. The lowest BCUT2D eigenvalue weighted by atomic mass is 10.2. The maximum atomic E-state index is 12.1. The van der Waals surface area contributed by atoms with Crippen molar-refractivity contribution in [3.8, 4) is 0 Å². The van der Waals surface area contributed by atoms with Crippen LogP contribution in [0.25, 0.3) is 5.57 Å². The van der Waals surface area contributed by atoms with Crippen LogP contribution >= 0.6 is 0 Å². The molecule has 0 atom stereocenters. The zero-order chi connectivity index (χ0) is 14.8. The summed E-state index contributed by atoms with van der Waals surface area (Å²) in [7, 11) is 1.29. The molecule has 0 N–H and O–H groups in total. The zero-order valence-corrected chi connectivity index (χ0v) is 11.9. The van der Waals surface area contributed by atoms with Gasteiger partial charge < -0.3 is 9.47 Å². The number of allylic oxidation sites excluding steroid dienone is 1. The maximum Gasteiger partial charge on any atom is 0.419 e. The van der Waals surface area contributed by atoms with Gasteiger partial charge in [-0.25, -0.2) is 9.59 Å². The number of aromatic nitrogens is 1. The summed E-state index contributed by atoms with van der Waals surface area (Å²) in [4.78, 5) is 23.5. The van der Waals surface area contributed by atoms with E-state index in [0.717, 1.165) is 0 Å². The van der Waals surface area contributed by atoms with Gasteiger partial charge in [-0.15, -0.1) is 0 Å². The number of esters is 1. The number of carbonyl (C=O) groups is 2. The standard InChI is InChI=1S/C14H19NO4/c1-9(2)11-7-10(12(16)18-6)8-15(11)13(17)19-14(3,4)5/h7-8H,1H2,2-6H3. The molecule has 1 aromatic rings. The Morgan fingerprint density at radius 2 is 1.89 bits per heavy atom. The van der Waals surface area contributed by atoms with E-state index in [0.29, 0.717) is 11.3 Å². The van der Waals surface area contributed by atoms with Crippen molar-refractivity contribution in [1.82, 2.24) is 4.57 Å². The molecule has 1 heterocycles. The summed E-state index contributed by atoms with van der Waals surface area (Å²) in [6, 6.07) is 1.55. The highest BCUT2D eigenvalue weighted by atomic mass is 16.6. The molecule has 5 nitrogen and oxygen atoms in total. The number of hydrogen-bond donors (Lipinski definition) is 0. The fraction of sp³-hybridized carbons (Fsp3) is 0.429. The van der Waals surface area contributed by atoms with Crippen molar-refractivity contribution < 1.29 is 19.1 Å². The minimum atomic E-state index is -0.612. The summed E-state index contributed by atoms with van der Waals surface area (Å²) < 4.78 is 11.2. The molecular formula is C14H19NO4. The summed E-state index contributed by atoms with van der Waals surface area (Å²) >= 11 is 0. The van der Waals surface area contributed by atoms with Crippen LogP contribution in [0, 0.1) is 0 Å². The molecule has 0 spiro atoms. The largest absolute Gasteiger partial charge is 0.465 e. The molecule has 0 amide bonds. The Morgan fingerprint density at radius 1 is 1.32 bits per heavy atom. The van der Waals surface area contributed by atoms with Crippen LogP contribution in [0.5, 0.6) is 0 Å². The predicted octanol–water partition coefficient (Wildman–Crippen LogP) is 3.09. The lowest BCUT2D eigenvalue weighted by Crippen LogP contribution is -2.27. The van der Waals surface area contributed by atoms with Crippen molar-refractivity contribution in [3.63, 3.8) is 0 Å². The SMILES string of the molecule is C=C(C)c1cc(C(=O)OC)cn1C(=O)OC(C)(C)C. The van der Waals surface area contributed by atoms with Gasteiger partial charge in [0.1, 0.15) is 5.60 Å². The quantitative estimate of drug-likeness (QED) is 0.771. The molecule has 0 saturated carbocycles. The van der Waals surface area contributed by atoms with E-state index in [1.54, 1.807) is 33.8 Å². The fourth-order valence-electron chi connectivity index (χ4n) is 1.48. The first-order valence-electron chi connectivity index (χ1n) is 5.85. The maximum absolute atomic E-state index is 12.1. The molecule has 0 aliphatic rings. The molecule has 0 fully saturated rings. The van der Waals surface area contributed by atoms with Crippen LogP contribution in [0.15, 0.2) is 18.8 Å². The van der Waals surface area contributed by atoms with Gasteiger partial charge in [-0.05, 0) is 39.3 Å². The smallest absolute Gasteiger partial charge is 0.419 e. The van der Waals surface area contributed by atoms with E-state index in [4.69, 9.17) is 4.74 Å². The highest BCUT2D eigenvalue weighted by Crippen LogP contribution is 2.19. The second kappa shape index (κ2) is 5.30.